The number of nitrogens with zero attached hydrogens (tertiary/aromatic N) is 5. The lowest BCUT2D eigenvalue weighted by atomic mass is 9.94. The number of ketones is 1. The van der Waals surface area contributed by atoms with Gasteiger partial charge in [-0.05, 0) is 44.2 Å². The van der Waals surface area contributed by atoms with Crippen LogP contribution in [0.2, 0.25) is 10.3 Å². The van der Waals surface area contributed by atoms with Crippen LogP contribution in [-0.2, 0) is 4.79 Å². The number of hydrogen-bond donors (Lipinski definition) is 1. The van der Waals surface area contributed by atoms with Gasteiger partial charge in [-0.2, -0.15) is 4.98 Å². The first kappa shape index (κ1) is 22.2. The molecular weight excluding hydrogens is 435 g/mol. The fourth-order valence-electron chi connectivity index (χ4n) is 3.39. The lowest BCUT2D eigenvalue weighted by Gasteiger charge is -2.21. The first-order valence-electron chi connectivity index (χ1n) is 9.66. The molecule has 0 spiro atoms. The molecule has 0 saturated heterocycles. The van der Waals surface area contributed by atoms with Crippen LogP contribution >= 0.6 is 23.2 Å². The predicted octanol–water partition coefficient (Wildman–Crippen LogP) is 4.15. The second-order valence-corrected chi connectivity index (χ2v) is 7.77. The summed E-state index contributed by atoms with van der Waals surface area (Å²) in [4.78, 5) is 30.3. The summed E-state index contributed by atoms with van der Waals surface area (Å²) < 4.78 is 7.27. The number of Topliss-reactive ketones (excluding diaryl/α,β-unsaturated/α-hetero) is 1. The highest BCUT2D eigenvalue weighted by molar-refractivity contribution is 6.33. The van der Waals surface area contributed by atoms with Gasteiger partial charge >= 0.3 is 11.6 Å². The van der Waals surface area contributed by atoms with Crippen LogP contribution in [-0.4, -0.2) is 43.6 Å². The van der Waals surface area contributed by atoms with Gasteiger partial charge in [0.2, 0.25) is 5.28 Å². The molecule has 1 saturated carbocycles. The van der Waals surface area contributed by atoms with E-state index in [9.17, 15) is 14.9 Å². The average molecular weight is 457 g/mol. The number of nitrogens with one attached hydrogen (secondary N) is 1. The molecule has 0 atom stereocenters. The number of aromatic nitrogens is 4. The molecule has 0 bridgehead atoms. The molecule has 0 aromatic carbocycles. The molecule has 30 heavy (non-hydrogen) atoms. The molecule has 2 aromatic rings. The first-order chi connectivity index (χ1) is 14.4. The average Bonchev–Trinajstić information content (AvgIpc) is 3.04. The number of carbonyl (C=O) groups excluding carboxylic acids is 1. The number of rotatable bonds is 9. The van der Waals surface area contributed by atoms with Gasteiger partial charge in [0.15, 0.2) is 0 Å². The Labute approximate surface area is 183 Å². The maximum absolute atomic E-state index is 11.5. The molecule has 0 amide bonds. The molecule has 3 rings (SSSR count). The van der Waals surface area contributed by atoms with Crippen molar-refractivity contribution in [1.82, 2.24) is 19.7 Å². The van der Waals surface area contributed by atoms with E-state index in [2.05, 4.69) is 20.4 Å². The van der Waals surface area contributed by atoms with Crippen molar-refractivity contribution in [2.24, 2.45) is 0 Å². The number of hydrogen-bond acceptors (Lipinski definition) is 8. The molecule has 1 N–H and O–H groups in total. The highest BCUT2D eigenvalue weighted by Gasteiger charge is 2.31. The molecule has 162 valence electrons. The predicted molar refractivity (Wildman–Crippen MR) is 111 cm³/mol. The molecule has 0 aliphatic heterocycles. The van der Waals surface area contributed by atoms with Crippen molar-refractivity contribution < 1.29 is 14.5 Å². The molecule has 0 radical (unpaired) electrons. The molecular formula is C18H22Cl2N6O4. The van der Waals surface area contributed by atoms with E-state index in [-0.39, 0.29) is 35.3 Å². The summed E-state index contributed by atoms with van der Waals surface area (Å²) in [6, 6.07) is -0.0209. The molecule has 1 aliphatic carbocycles. The second-order valence-electron chi connectivity index (χ2n) is 7.03. The Kier molecular flexibility index (Phi) is 7.43. The van der Waals surface area contributed by atoms with Crippen molar-refractivity contribution in [2.75, 3.05) is 18.5 Å². The minimum Gasteiger partial charge on any atom is -0.472 e. The standard InChI is InChI=1S/C18H22Cl2N6O4/c1-11-15(26(28)29)17(24-25(11)12-4-6-13(27)7-5-12)30-9-3-2-8-21-16-14(19)10-22-18(20)23-16/h10,12H,2-9H2,1H3,(H,21,22,23). The maximum atomic E-state index is 11.5. The summed E-state index contributed by atoms with van der Waals surface area (Å²) >= 11 is 11.7. The molecule has 10 nitrogen and oxygen atoms in total. The number of unbranched alkanes of at least 4 members (excludes halogenated alkanes) is 1. The molecule has 1 aliphatic rings. The van der Waals surface area contributed by atoms with Crippen molar-refractivity contribution in [3.8, 4) is 5.88 Å². The Morgan fingerprint density at radius 1 is 1.33 bits per heavy atom. The van der Waals surface area contributed by atoms with Gasteiger partial charge in [0, 0.05) is 19.4 Å². The summed E-state index contributed by atoms with van der Waals surface area (Å²) in [5, 5.41) is 19.4. The zero-order valence-electron chi connectivity index (χ0n) is 16.4. The van der Waals surface area contributed by atoms with E-state index >= 15 is 0 Å². The Balaban J connectivity index is 1.53. The van der Waals surface area contributed by atoms with Crippen LogP contribution in [0.5, 0.6) is 5.88 Å². The number of nitro groups is 1. The number of halogens is 2. The number of anilines is 1. The van der Waals surface area contributed by atoms with E-state index in [0.717, 1.165) is 6.42 Å². The van der Waals surface area contributed by atoms with E-state index in [1.165, 1.54) is 6.20 Å². The highest BCUT2D eigenvalue weighted by Crippen LogP contribution is 2.35. The van der Waals surface area contributed by atoms with Crippen LogP contribution in [0.25, 0.3) is 0 Å². The minimum atomic E-state index is -0.468. The van der Waals surface area contributed by atoms with E-state index in [4.69, 9.17) is 27.9 Å². The van der Waals surface area contributed by atoms with E-state index in [1.54, 1.807) is 11.6 Å². The van der Waals surface area contributed by atoms with Gasteiger partial charge in [-0.25, -0.2) is 4.98 Å². The van der Waals surface area contributed by atoms with Crippen LogP contribution in [0.4, 0.5) is 11.5 Å². The van der Waals surface area contributed by atoms with Gasteiger partial charge < -0.3 is 10.1 Å². The zero-order chi connectivity index (χ0) is 21.7. The van der Waals surface area contributed by atoms with Gasteiger partial charge in [0.1, 0.15) is 22.3 Å². The quantitative estimate of drug-likeness (QED) is 0.258. The summed E-state index contributed by atoms with van der Waals surface area (Å²) in [6.07, 6.45) is 5.01. The summed E-state index contributed by atoms with van der Waals surface area (Å²) in [5.74, 6) is 0.697. The van der Waals surface area contributed by atoms with Crippen molar-refractivity contribution in [3.63, 3.8) is 0 Å². The summed E-state index contributed by atoms with van der Waals surface area (Å²) in [5.41, 5.74) is 0.332. The minimum absolute atomic E-state index is 0.0209. The Morgan fingerprint density at radius 3 is 2.77 bits per heavy atom. The fourth-order valence-corrected chi connectivity index (χ4v) is 3.68. The van der Waals surface area contributed by atoms with Crippen molar-refractivity contribution in [1.29, 1.82) is 0 Å². The molecule has 1 fully saturated rings. The second kappa shape index (κ2) is 10.0. The summed E-state index contributed by atoms with van der Waals surface area (Å²) in [7, 11) is 0. The van der Waals surface area contributed by atoms with Gasteiger partial charge in [0.05, 0.1) is 23.8 Å². The van der Waals surface area contributed by atoms with E-state index in [0.29, 0.717) is 55.2 Å². The van der Waals surface area contributed by atoms with Crippen LogP contribution in [0.1, 0.15) is 50.3 Å². The number of carbonyl (C=O) groups is 1. The molecule has 2 aromatic heterocycles. The summed E-state index contributed by atoms with van der Waals surface area (Å²) in [6.45, 7) is 2.51. The third kappa shape index (κ3) is 5.37. The lowest BCUT2D eigenvalue weighted by molar-refractivity contribution is -0.386. The van der Waals surface area contributed by atoms with Gasteiger partial charge in [-0.1, -0.05) is 11.6 Å². The van der Waals surface area contributed by atoms with Gasteiger partial charge in [-0.15, -0.1) is 5.10 Å². The number of ether oxygens (including phenoxy) is 1. The maximum Gasteiger partial charge on any atom is 0.352 e. The molecule has 2 heterocycles. The van der Waals surface area contributed by atoms with E-state index in [1.807, 2.05) is 0 Å². The first-order valence-corrected chi connectivity index (χ1v) is 10.4. The smallest absolute Gasteiger partial charge is 0.352 e. The fraction of sp³-hybridized carbons (Fsp3) is 0.556. The molecule has 0 unspecified atom stereocenters. The van der Waals surface area contributed by atoms with Crippen molar-refractivity contribution in [2.45, 2.75) is 51.5 Å². The Bertz CT molecular complexity index is 926. The normalized spacial score (nSPS) is 14.7. The highest BCUT2D eigenvalue weighted by atomic mass is 35.5. The van der Waals surface area contributed by atoms with Crippen LogP contribution in [0.15, 0.2) is 6.20 Å². The third-order valence-corrected chi connectivity index (χ3v) is 5.40. The zero-order valence-corrected chi connectivity index (χ0v) is 17.9. The van der Waals surface area contributed by atoms with Gasteiger partial charge in [0.25, 0.3) is 0 Å². The van der Waals surface area contributed by atoms with Crippen LogP contribution in [0.3, 0.4) is 0 Å². The molecule has 12 heteroatoms. The van der Waals surface area contributed by atoms with Crippen LogP contribution in [0, 0.1) is 17.0 Å². The largest absolute Gasteiger partial charge is 0.472 e. The van der Waals surface area contributed by atoms with E-state index < -0.39 is 4.92 Å². The monoisotopic (exact) mass is 456 g/mol. The SMILES string of the molecule is Cc1c([N+](=O)[O-])c(OCCCCNc2nc(Cl)ncc2Cl)nn1C1CCC(=O)CC1. The Morgan fingerprint density at radius 2 is 2.07 bits per heavy atom. The van der Waals surface area contributed by atoms with Gasteiger partial charge in [-0.3, -0.25) is 19.6 Å². The van der Waals surface area contributed by atoms with Crippen molar-refractivity contribution in [3.05, 3.63) is 32.3 Å². The third-order valence-electron chi connectivity index (χ3n) is 4.95. The topological polar surface area (TPSA) is 125 Å². The lowest BCUT2D eigenvalue weighted by Crippen LogP contribution is -2.19. The van der Waals surface area contributed by atoms with Crippen molar-refractivity contribution >= 4 is 40.5 Å². The van der Waals surface area contributed by atoms with Crippen LogP contribution < -0.4 is 10.1 Å². The Hall–Kier alpha value is -2.46.